The van der Waals surface area contributed by atoms with Crippen LogP contribution in [0.4, 0.5) is 5.69 Å². The molecule has 4 rings (SSSR count). The van der Waals surface area contributed by atoms with E-state index in [1.165, 1.54) is 29.2 Å². The molecule has 0 fully saturated rings. The van der Waals surface area contributed by atoms with Crippen molar-refractivity contribution < 1.29 is 18.0 Å². The molecule has 45 heavy (non-hydrogen) atoms. The van der Waals surface area contributed by atoms with E-state index in [1.54, 1.807) is 24.3 Å². The van der Waals surface area contributed by atoms with Gasteiger partial charge in [0.15, 0.2) is 0 Å². The van der Waals surface area contributed by atoms with Crippen molar-refractivity contribution in [3.63, 3.8) is 0 Å². The number of nitrogens with one attached hydrogen (secondary N) is 1. The first-order valence-corrected chi connectivity index (χ1v) is 16.7. The maximum Gasteiger partial charge on any atom is 0.264 e. The van der Waals surface area contributed by atoms with Gasteiger partial charge in [0.1, 0.15) is 12.6 Å². The number of rotatable bonds is 11. The number of hydrogen-bond donors (Lipinski definition) is 1. The van der Waals surface area contributed by atoms with Gasteiger partial charge in [-0.3, -0.25) is 13.9 Å². The van der Waals surface area contributed by atoms with Gasteiger partial charge in [0, 0.05) is 23.5 Å². The van der Waals surface area contributed by atoms with Crippen LogP contribution in [0.2, 0.25) is 10.0 Å². The molecule has 4 aromatic carbocycles. The average molecular weight is 667 g/mol. The second-order valence-corrected chi connectivity index (χ2v) is 14.5. The van der Waals surface area contributed by atoms with E-state index >= 15 is 0 Å². The van der Waals surface area contributed by atoms with Crippen molar-refractivity contribution in [1.82, 2.24) is 10.2 Å². The first kappa shape index (κ1) is 34.0. The fourth-order valence-electron chi connectivity index (χ4n) is 4.89. The molecule has 0 aliphatic rings. The summed E-state index contributed by atoms with van der Waals surface area (Å²) in [5, 5.41) is 3.38. The quantitative estimate of drug-likeness (QED) is 0.186. The number of halogens is 2. The van der Waals surface area contributed by atoms with Crippen molar-refractivity contribution in [1.29, 1.82) is 0 Å². The van der Waals surface area contributed by atoms with Crippen LogP contribution < -0.4 is 9.62 Å². The number of aryl methyl sites for hydroxylation is 1. The highest BCUT2D eigenvalue weighted by Gasteiger charge is 2.36. The maximum atomic E-state index is 14.6. The summed E-state index contributed by atoms with van der Waals surface area (Å²) in [6.07, 6.45) is 0.212. The molecule has 0 unspecified atom stereocenters. The lowest BCUT2D eigenvalue weighted by Gasteiger charge is -2.35. The number of carbonyl (C=O) groups is 2. The summed E-state index contributed by atoms with van der Waals surface area (Å²) in [5.74, 6) is -0.940. The van der Waals surface area contributed by atoms with E-state index in [0.29, 0.717) is 0 Å². The van der Waals surface area contributed by atoms with Crippen LogP contribution >= 0.6 is 23.2 Å². The summed E-state index contributed by atoms with van der Waals surface area (Å²) in [7, 11) is -4.29. The molecule has 0 radical (unpaired) electrons. The number of nitrogens with zero attached hydrogens (tertiary/aromatic N) is 2. The first-order valence-electron chi connectivity index (χ1n) is 14.5. The van der Waals surface area contributed by atoms with Crippen molar-refractivity contribution in [2.75, 3.05) is 10.8 Å². The summed E-state index contributed by atoms with van der Waals surface area (Å²) >= 11 is 12.8. The van der Waals surface area contributed by atoms with Crippen molar-refractivity contribution >= 4 is 50.7 Å². The minimum atomic E-state index is -4.29. The number of sulfonamides is 1. The van der Waals surface area contributed by atoms with E-state index in [9.17, 15) is 18.0 Å². The predicted molar refractivity (Wildman–Crippen MR) is 181 cm³/mol. The molecule has 236 valence electrons. The molecule has 4 aromatic rings. The van der Waals surface area contributed by atoms with Crippen molar-refractivity contribution in [2.24, 2.45) is 0 Å². The molecule has 0 aliphatic carbocycles. The molecule has 7 nitrogen and oxygen atoms in total. The Morgan fingerprint density at radius 3 is 2.07 bits per heavy atom. The zero-order chi connectivity index (χ0) is 32.8. The molecule has 1 atom stereocenters. The van der Waals surface area contributed by atoms with E-state index in [1.807, 2.05) is 82.3 Å². The summed E-state index contributed by atoms with van der Waals surface area (Å²) in [6.45, 7) is 6.98. The van der Waals surface area contributed by atoms with Gasteiger partial charge in [-0.15, -0.1) is 0 Å². The Labute approximate surface area is 275 Å². The lowest BCUT2D eigenvalue weighted by atomic mass is 10.00. The largest absolute Gasteiger partial charge is 0.350 e. The summed E-state index contributed by atoms with van der Waals surface area (Å²) < 4.78 is 29.2. The first-order chi connectivity index (χ1) is 21.3. The zero-order valence-electron chi connectivity index (χ0n) is 25.7. The Bertz CT molecular complexity index is 1740. The minimum Gasteiger partial charge on any atom is -0.350 e. The number of amides is 2. The van der Waals surface area contributed by atoms with E-state index < -0.39 is 34.1 Å². The number of carbonyl (C=O) groups excluding carboxylic acids is 2. The summed E-state index contributed by atoms with van der Waals surface area (Å²) in [4.78, 5) is 30.0. The maximum absolute atomic E-state index is 14.6. The second kappa shape index (κ2) is 14.5. The van der Waals surface area contributed by atoms with Crippen molar-refractivity contribution in [3.8, 4) is 0 Å². The van der Waals surface area contributed by atoms with Crippen LogP contribution in [0, 0.1) is 6.92 Å². The highest BCUT2D eigenvalue weighted by atomic mass is 35.5. The van der Waals surface area contributed by atoms with E-state index in [2.05, 4.69) is 5.32 Å². The molecule has 0 saturated carbocycles. The molecule has 0 heterocycles. The van der Waals surface area contributed by atoms with Crippen LogP contribution in [-0.2, 0) is 32.6 Å². The molecular weight excluding hydrogens is 629 g/mol. The molecular formula is C35H37Cl2N3O4S. The van der Waals surface area contributed by atoms with Gasteiger partial charge in [0.2, 0.25) is 11.8 Å². The van der Waals surface area contributed by atoms with E-state index in [-0.39, 0.29) is 39.5 Å². The summed E-state index contributed by atoms with van der Waals surface area (Å²) in [6, 6.07) is 28.3. The molecule has 0 aliphatic heterocycles. The molecule has 0 saturated heterocycles. The van der Waals surface area contributed by atoms with Gasteiger partial charge < -0.3 is 10.2 Å². The Hall–Kier alpha value is -3.85. The van der Waals surface area contributed by atoms with E-state index in [0.717, 1.165) is 21.0 Å². The van der Waals surface area contributed by atoms with Gasteiger partial charge in [-0.1, -0.05) is 96.0 Å². The Morgan fingerprint density at radius 1 is 0.844 bits per heavy atom. The lowest BCUT2D eigenvalue weighted by molar-refractivity contribution is -0.140. The highest BCUT2D eigenvalue weighted by Crippen LogP contribution is 2.33. The third-order valence-corrected chi connectivity index (χ3v) is 9.49. The van der Waals surface area contributed by atoms with Gasteiger partial charge in [-0.05, 0) is 74.7 Å². The van der Waals surface area contributed by atoms with Crippen LogP contribution in [0.5, 0.6) is 0 Å². The van der Waals surface area contributed by atoms with Crippen LogP contribution in [0.15, 0.2) is 108 Å². The molecule has 2 amide bonds. The lowest BCUT2D eigenvalue weighted by Crippen LogP contribution is -2.56. The van der Waals surface area contributed by atoms with Gasteiger partial charge in [0.25, 0.3) is 10.0 Å². The minimum absolute atomic E-state index is 0.0226. The standard InChI is InChI=1S/C35H37Cl2N3O4S/c1-25-13-11-12-16-27(25)23-39(32(34(42)38-35(2,3)4)21-26-14-7-5-8-15-26)33(41)24-40(31-22-28(36)19-20-30(31)37)45(43,44)29-17-9-6-10-18-29/h5-20,22,32H,21,23-24H2,1-4H3,(H,38,42)/t32-/m1/s1. The Morgan fingerprint density at radius 2 is 1.44 bits per heavy atom. The van der Waals surface area contributed by atoms with Gasteiger partial charge in [0.05, 0.1) is 15.6 Å². The number of benzene rings is 4. The number of hydrogen-bond acceptors (Lipinski definition) is 4. The molecule has 1 N–H and O–H groups in total. The smallest absolute Gasteiger partial charge is 0.264 e. The van der Waals surface area contributed by atoms with E-state index in [4.69, 9.17) is 23.2 Å². The Balaban J connectivity index is 1.85. The van der Waals surface area contributed by atoms with Gasteiger partial charge in [-0.2, -0.15) is 0 Å². The molecule has 0 bridgehead atoms. The van der Waals surface area contributed by atoms with Crippen LogP contribution in [0.1, 0.15) is 37.5 Å². The van der Waals surface area contributed by atoms with Gasteiger partial charge in [-0.25, -0.2) is 8.42 Å². The highest BCUT2D eigenvalue weighted by molar-refractivity contribution is 7.92. The molecule has 0 aromatic heterocycles. The molecule has 10 heteroatoms. The van der Waals surface area contributed by atoms with Crippen LogP contribution in [0.3, 0.4) is 0 Å². The Kier molecular flexibility index (Phi) is 11.0. The predicted octanol–water partition coefficient (Wildman–Crippen LogP) is 7.05. The monoisotopic (exact) mass is 665 g/mol. The fourth-order valence-corrected chi connectivity index (χ4v) is 6.77. The SMILES string of the molecule is Cc1ccccc1CN(C(=O)CN(c1cc(Cl)ccc1Cl)S(=O)(=O)c1ccccc1)[C@H](Cc1ccccc1)C(=O)NC(C)(C)C. The van der Waals surface area contributed by atoms with Crippen LogP contribution in [-0.4, -0.2) is 43.3 Å². The topological polar surface area (TPSA) is 86.8 Å². The normalized spacial score (nSPS) is 12.3. The number of anilines is 1. The fraction of sp³-hybridized carbons (Fsp3) is 0.257. The van der Waals surface area contributed by atoms with Crippen molar-refractivity contribution in [2.45, 2.75) is 57.1 Å². The zero-order valence-corrected chi connectivity index (χ0v) is 28.0. The second-order valence-electron chi connectivity index (χ2n) is 11.8. The van der Waals surface area contributed by atoms with Crippen molar-refractivity contribution in [3.05, 3.63) is 130 Å². The van der Waals surface area contributed by atoms with Crippen LogP contribution in [0.25, 0.3) is 0 Å². The summed E-state index contributed by atoms with van der Waals surface area (Å²) in [5.41, 5.74) is 2.07. The molecule has 0 spiro atoms. The van der Waals surface area contributed by atoms with Gasteiger partial charge >= 0.3 is 0 Å². The third-order valence-electron chi connectivity index (χ3n) is 7.16. The third kappa shape index (κ3) is 8.87. The average Bonchev–Trinajstić information content (AvgIpc) is 2.99.